The number of aromatic amines is 1. The summed E-state index contributed by atoms with van der Waals surface area (Å²) in [6.07, 6.45) is 0. The van der Waals surface area contributed by atoms with Gasteiger partial charge in [-0.3, -0.25) is 4.79 Å². The zero-order chi connectivity index (χ0) is 27.6. The number of hydrogen-bond donors (Lipinski definition) is 3. The van der Waals surface area contributed by atoms with Gasteiger partial charge in [0.05, 0.1) is 13.2 Å². The van der Waals surface area contributed by atoms with Gasteiger partial charge in [-0.2, -0.15) is 0 Å². The smallest absolute Gasteiger partial charge is 0.262 e. The molecule has 0 spiro atoms. The highest BCUT2D eigenvalue weighted by Gasteiger charge is 2.33. The van der Waals surface area contributed by atoms with Crippen molar-refractivity contribution in [2.45, 2.75) is 18.9 Å². The summed E-state index contributed by atoms with van der Waals surface area (Å²) in [5, 5.41) is 8.54. The molecule has 1 aliphatic heterocycles. The van der Waals surface area contributed by atoms with Crippen molar-refractivity contribution in [3.63, 3.8) is 0 Å². The van der Waals surface area contributed by atoms with Crippen molar-refractivity contribution >= 4 is 34.1 Å². The highest BCUT2D eigenvalue weighted by molar-refractivity contribution is 6.31. The summed E-state index contributed by atoms with van der Waals surface area (Å²) in [6.45, 7) is 2.60. The molecule has 0 saturated carbocycles. The first-order valence-electron chi connectivity index (χ1n) is 13.3. The highest BCUT2D eigenvalue weighted by atomic mass is 35.5. The van der Waals surface area contributed by atoms with Gasteiger partial charge in [0, 0.05) is 39.8 Å². The van der Waals surface area contributed by atoms with Crippen LogP contribution in [0.4, 0.5) is 5.69 Å². The lowest BCUT2D eigenvalue weighted by atomic mass is 9.83. The lowest BCUT2D eigenvalue weighted by Crippen LogP contribution is -2.34. The van der Waals surface area contributed by atoms with Crippen molar-refractivity contribution in [1.29, 1.82) is 0 Å². The summed E-state index contributed by atoms with van der Waals surface area (Å²) in [7, 11) is 1.61. The number of aromatic nitrogens is 1. The van der Waals surface area contributed by atoms with Gasteiger partial charge in [-0.05, 0) is 60.0 Å². The Labute approximate surface area is 238 Å². The van der Waals surface area contributed by atoms with Crippen molar-refractivity contribution in [2.75, 3.05) is 25.6 Å². The number of amides is 1. The number of anilines is 1. The molecule has 1 aliphatic rings. The minimum Gasteiger partial charge on any atom is -0.493 e. The first-order valence-corrected chi connectivity index (χ1v) is 13.6. The molecule has 202 valence electrons. The predicted octanol–water partition coefficient (Wildman–Crippen LogP) is 6.98. The molecular weight excluding hydrogens is 522 g/mol. The number of rotatable bonds is 7. The third-order valence-electron chi connectivity index (χ3n) is 7.44. The van der Waals surface area contributed by atoms with E-state index in [1.54, 1.807) is 7.11 Å². The van der Waals surface area contributed by atoms with E-state index in [-0.39, 0.29) is 24.5 Å². The number of ether oxygens (including phenoxy) is 2. The van der Waals surface area contributed by atoms with E-state index in [0.29, 0.717) is 11.5 Å². The molecule has 0 unspecified atom stereocenters. The number of para-hydroxylation sites is 1. The van der Waals surface area contributed by atoms with Gasteiger partial charge in [-0.25, -0.2) is 0 Å². The van der Waals surface area contributed by atoms with Gasteiger partial charge in [-0.15, -0.1) is 0 Å². The predicted molar refractivity (Wildman–Crippen MR) is 160 cm³/mol. The van der Waals surface area contributed by atoms with Crippen LogP contribution in [0.15, 0.2) is 91.0 Å². The Morgan fingerprint density at radius 1 is 0.975 bits per heavy atom. The molecule has 0 fully saturated rings. The molecule has 1 aromatic heterocycles. The monoisotopic (exact) mass is 551 g/mol. The minimum absolute atomic E-state index is 0.0890. The largest absolute Gasteiger partial charge is 0.493 e. The quantitative estimate of drug-likeness (QED) is 0.204. The van der Waals surface area contributed by atoms with Crippen molar-refractivity contribution in [3.05, 3.63) is 124 Å². The van der Waals surface area contributed by atoms with Crippen LogP contribution in [0.5, 0.6) is 11.5 Å². The normalized spacial score (nSPS) is 16.4. The Morgan fingerprint density at radius 3 is 2.55 bits per heavy atom. The van der Waals surface area contributed by atoms with E-state index < -0.39 is 0 Å². The van der Waals surface area contributed by atoms with Crippen molar-refractivity contribution in [3.8, 4) is 11.5 Å². The fourth-order valence-electron chi connectivity index (χ4n) is 5.50. The molecule has 7 heteroatoms. The molecule has 3 N–H and O–H groups in total. The van der Waals surface area contributed by atoms with Crippen LogP contribution in [-0.4, -0.2) is 31.2 Å². The van der Waals surface area contributed by atoms with Crippen molar-refractivity contribution < 1.29 is 14.3 Å². The molecule has 5 aromatic rings. The maximum atomic E-state index is 12.5. The Morgan fingerprint density at radius 2 is 1.75 bits per heavy atom. The first-order chi connectivity index (χ1) is 19.5. The highest BCUT2D eigenvalue weighted by Crippen LogP contribution is 2.44. The fourth-order valence-corrected chi connectivity index (χ4v) is 5.76. The average molecular weight is 552 g/mol. The Hall–Kier alpha value is -4.26. The van der Waals surface area contributed by atoms with Crippen LogP contribution in [-0.2, 0) is 4.79 Å². The Kier molecular flexibility index (Phi) is 7.20. The zero-order valence-corrected chi connectivity index (χ0v) is 23.1. The van der Waals surface area contributed by atoms with Gasteiger partial charge in [0.25, 0.3) is 5.91 Å². The van der Waals surface area contributed by atoms with Crippen molar-refractivity contribution in [2.24, 2.45) is 0 Å². The maximum absolute atomic E-state index is 12.5. The number of carbonyl (C=O) groups excluding carboxylic acids is 1. The zero-order valence-electron chi connectivity index (χ0n) is 22.3. The minimum atomic E-state index is -0.239. The third kappa shape index (κ3) is 5.04. The number of halogens is 1. The number of benzene rings is 4. The van der Waals surface area contributed by atoms with E-state index in [1.807, 2.05) is 73.7 Å². The van der Waals surface area contributed by atoms with Crippen LogP contribution in [0.25, 0.3) is 10.9 Å². The van der Waals surface area contributed by atoms with Crippen LogP contribution in [0.2, 0.25) is 5.02 Å². The van der Waals surface area contributed by atoms with Gasteiger partial charge in [0.15, 0.2) is 18.1 Å². The number of methoxy groups -OCH3 is 1. The second-order valence-electron chi connectivity index (χ2n) is 10.0. The van der Waals surface area contributed by atoms with Crippen LogP contribution in [0.3, 0.4) is 0 Å². The van der Waals surface area contributed by atoms with E-state index in [9.17, 15) is 4.79 Å². The third-order valence-corrected chi connectivity index (χ3v) is 7.78. The maximum Gasteiger partial charge on any atom is 0.262 e. The lowest BCUT2D eigenvalue weighted by Gasteiger charge is -2.32. The molecule has 6 nitrogen and oxygen atoms in total. The van der Waals surface area contributed by atoms with Crippen LogP contribution < -0.4 is 20.1 Å². The molecule has 0 radical (unpaired) electrons. The number of H-pyrrole nitrogens is 1. The molecule has 4 aromatic carbocycles. The summed E-state index contributed by atoms with van der Waals surface area (Å²) in [4.78, 5) is 16.2. The van der Waals surface area contributed by atoms with Crippen LogP contribution in [0.1, 0.15) is 39.9 Å². The molecule has 0 bridgehead atoms. The SMILES string of the molecule is COc1cc([C@H]2NC[C@@H](c3ccccc3Cl)c3c2[nH]c2ccccc32)ccc1OCC(=O)Nc1ccc(C)cc1. The first kappa shape index (κ1) is 26.0. The molecule has 6 rings (SSSR count). The fraction of sp³-hybridized carbons (Fsp3) is 0.182. The lowest BCUT2D eigenvalue weighted by molar-refractivity contribution is -0.118. The van der Waals surface area contributed by atoms with E-state index in [2.05, 4.69) is 39.9 Å². The summed E-state index contributed by atoms with van der Waals surface area (Å²) in [5.74, 6) is 0.935. The summed E-state index contributed by atoms with van der Waals surface area (Å²) < 4.78 is 11.5. The number of carbonyl (C=O) groups is 1. The summed E-state index contributed by atoms with van der Waals surface area (Å²) >= 11 is 6.66. The number of nitrogens with one attached hydrogen (secondary N) is 3. The molecule has 40 heavy (non-hydrogen) atoms. The van der Waals surface area contributed by atoms with Crippen LogP contribution >= 0.6 is 11.6 Å². The van der Waals surface area contributed by atoms with Gasteiger partial charge >= 0.3 is 0 Å². The number of fused-ring (bicyclic) bond motifs is 3. The van der Waals surface area contributed by atoms with E-state index in [4.69, 9.17) is 21.1 Å². The average Bonchev–Trinajstić information content (AvgIpc) is 3.37. The Bertz CT molecular complexity index is 1680. The van der Waals surface area contributed by atoms with E-state index in [0.717, 1.165) is 45.2 Å². The summed E-state index contributed by atoms with van der Waals surface area (Å²) in [5.41, 5.74) is 7.43. The molecular formula is C33H30ClN3O3. The number of aryl methyl sites for hydroxylation is 1. The second kappa shape index (κ2) is 11.1. The van der Waals surface area contributed by atoms with E-state index >= 15 is 0 Å². The molecule has 2 atom stereocenters. The standard InChI is InChI=1S/C33H30ClN3O3/c1-20-11-14-22(15-12-20)36-30(38)19-40-28-16-13-21(17-29(28)39-2)32-33-31(24-8-4-6-10-27(24)37-33)25(18-35-32)23-7-3-5-9-26(23)34/h3-17,25,32,35,37H,18-19H2,1-2H3,(H,36,38)/t25-,32+/m0/s1. The molecule has 1 amide bonds. The second-order valence-corrected chi connectivity index (χ2v) is 10.4. The topological polar surface area (TPSA) is 75.4 Å². The van der Waals surface area contributed by atoms with Gasteiger partial charge < -0.3 is 25.1 Å². The van der Waals surface area contributed by atoms with Crippen molar-refractivity contribution in [1.82, 2.24) is 10.3 Å². The molecule has 2 heterocycles. The number of hydrogen-bond acceptors (Lipinski definition) is 4. The molecule has 0 saturated heterocycles. The van der Waals surface area contributed by atoms with Crippen LogP contribution in [0, 0.1) is 6.92 Å². The van der Waals surface area contributed by atoms with E-state index in [1.165, 1.54) is 10.9 Å². The molecule has 0 aliphatic carbocycles. The van der Waals surface area contributed by atoms with Gasteiger partial charge in [0.2, 0.25) is 0 Å². The Balaban J connectivity index is 1.27. The summed E-state index contributed by atoms with van der Waals surface area (Å²) in [6, 6.07) is 29.8. The van der Waals surface area contributed by atoms with Gasteiger partial charge in [0.1, 0.15) is 0 Å². The van der Waals surface area contributed by atoms with Gasteiger partial charge in [-0.1, -0.05) is 71.8 Å².